The van der Waals surface area contributed by atoms with Crippen LogP contribution in [0.1, 0.15) is 11.1 Å². The highest BCUT2D eigenvalue weighted by atomic mass is 15.3. The van der Waals surface area contributed by atoms with Crippen LogP contribution in [0.15, 0.2) is 67.1 Å². The maximum absolute atomic E-state index is 4.63. The predicted octanol–water partition coefficient (Wildman–Crippen LogP) is 2.71. The normalized spacial score (nSPS) is 15.0. The van der Waals surface area contributed by atoms with Gasteiger partial charge in [0.1, 0.15) is 0 Å². The van der Waals surface area contributed by atoms with Crippen LogP contribution in [-0.2, 0) is 6.54 Å². The molecule has 0 aliphatic carbocycles. The van der Waals surface area contributed by atoms with E-state index in [0.29, 0.717) is 12.5 Å². The van der Waals surface area contributed by atoms with Gasteiger partial charge in [-0.2, -0.15) is 10.1 Å². The van der Waals surface area contributed by atoms with Crippen molar-refractivity contribution in [3.63, 3.8) is 0 Å². The zero-order valence-electron chi connectivity index (χ0n) is 16.4. The molecule has 7 nitrogen and oxygen atoms in total. The zero-order valence-corrected chi connectivity index (χ0v) is 16.4. The lowest BCUT2D eigenvalue weighted by atomic mass is 10.2. The first kappa shape index (κ1) is 19.0. The number of pyridine rings is 1. The van der Waals surface area contributed by atoms with Crippen molar-refractivity contribution in [1.82, 2.24) is 25.1 Å². The van der Waals surface area contributed by atoms with Gasteiger partial charge in [-0.15, -0.1) is 5.10 Å². The molecule has 0 saturated carbocycles. The minimum atomic E-state index is 0.541. The molecule has 29 heavy (non-hydrogen) atoms. The number of benzene rings is 1. The summed E-state index contributed by atoms with van der Waals surface area (Å²) < 4.78 is 0. The van der Waals surface area contributed by atoms with Gasteiger partial charge < -0.3 is 10.2 Å². The van der Waals surface area contributed by atoms with E-state index in [2.05, 4.69) is 71.7 Å². The van der Waals surface area contributed by atoms with Crippen LogP contribution in [0, 0.1) is 0 Å². The number of piperazine rings is 1. The van der Waals surface area contributed by atoms with E-state index in [9.17, 15) is 0 Å². The summed E-state index contributed by atoms with van der Waals surface area (Å²) in [6.45, 7) is 5.45. The summed E-state index contributed by atoms with van der Waals surface area (Å²) in [5.74, 6) is 1.41. The summed E-state index contributed by atoms with van der Waals surface area (Å²) in [5, 5.41) is 11.4. The van der Waals surface area contributed by atoms with Crippen molar-refractivity contribution >= 4 is 17.8 Å². The Balaban J connectivity index is 1.26. The molecule has 1 fully saturated rings. The molecular weight excluding hydrogens is 362 g/mol. The molecule has 3 heterocycles. The quantitative estimate of drug-likeness (QED) is 0.668. The molecule has 0 amide bonds. The van der Waals surface area contributed by atoms with Crippen molar-refractivity contribution in [2.75, 3.05) is 42.9 Å². The molecule has 1 N–H and O–H groups in total. The molecule has 0 atom stereocenters. The second-order valence-corrected chi connectivity index (χ2v) is 6.95. The van der Waals surface area contributed by atoms with Gasteiger partial charge in [-0.25, -0.2) is 0 Å². The maximum atomic E-state index is 4.63. The second-order valence-electron chi connectivity index (χ2n) is 6.95. The van der Waals surface area contributed by atoms with Crippen molar-refractivity contribution in [2.24, 2.45) is 0 Å². The van der Waals surface area contributed by atoms with E-state index >= 15 is 0 Å². The number of aromatic nitrogens is 4. The SMILES string of the molecule is C(=C\c1ccccc1)/CN1CCN(c2cnnc(NCc3cccnc3)n2)CC1. The van der Waals surface area contributed by atoms with Crippen LogP contribution in [0.2, 0.25) is 0 Å². The Morgan fingerprint density at radius 1 is 0.966 bits per heavy atom. The van der Waals surface area contributed by atoms with Crippen LogP contribution in [0.25, 0.3) is 6.08 Å². The van der Waals surface area contributed by atoms with Gasteiger partial charge in [0.25, 0.3) is 0 Å². The van der Waals surface area contributed by atoms with Gasteiger partial charge in [0, 0.05) is 51.7 Å². The van der Waals surface area contributed by atoms with E-state index in [1.165, 1.54) is 5.56 Å². The molecule has 0 radical (unpaired) electrons. The summed E-state index contributed by atoms with van der Waals surface area (Å²) >= 11 is 0. The molecule has 1 aromatic carbocycles. The fraction of sp³-hybridized carbons (Fsp3) is 0.273. The molecule has 148 valence electrons. The van der Waals surface area contributed by atoms with E-state index in [0.717, 1.165) is 44.1 Å². The largest absolute Gasteiger partial charge is 0.353 e. The first-order chi connectivity index (χ1) is 14.4. The summed E-state index contributed by atoms with van der Waals surface area (Å²) in [6.07, 6.45) is 9.74. The predicted molar refractivity (Wildman–Crippen MR) is 116 cm³/mol. The molecule has 1 aliphatic rings. The Labute approximate surface area is 171 Å². The Hall–Kier alpha value is -3.32. The molecule has 4 rings (SSSR count). The molecule has 7 heteroatoms. The molecular formula is C22H25N7. The van der Waals surface area contributed by atoms with Crippen LogP contribution < -0.4 is 10.2 Å². The average Bonchev–Trinajstić information content (AvgIpc) is 2.80. The molecule has 2 aromatic heterocycles. The van der Waals surface area contributed by atoms with E-state index in [1.807, 2.05) is 24.4 Å². The summed E-state index contributed by atoms with van der Waals surface area (Å²) in [4.78, 5) is 13.5. The number of nitrogens with one attached hydrogen (secondary N) is 1. The van der Waals surface area contributed by atoms with Gasteiger partial charge in [-0.05, 0) is 17.2 Å². The van der Waals surface area contributed by atoms with Gasteiger partial charge in [0.2, 0.25) is 5.95 Å². The van der Waals surface area contributed by atoms with Gasteiger partial charge >= 0.3 is 0 Å². The smallest absolute Gasteiger partial charge is 0.244 e. The third kappa shape index (κ3) is 5.58. The topological polar surface area (TPSA) is 70.1 Å². The fourth-order valence-corrected chi connectivity index (χ4v) is 3.27. The van der Waals surface area contributed by atoms with Crippen molar-refractivity contribution in [2.45, 2.75) is 6.54 Å². The van der Waals surface area contributed by atoms with Gasteiger partial charge in [0.15, 0.2) is 5.82 Å². The summed E-state index contributed by atoms with van der Waals surface area (Å²) in [6, 6.07) is 14.3. The van der Waals surface area contributed by atoms with Crippen LogP contribution >= 0.6 is 0 Å². The standard InChI is InChI=1S/C22H25N7/c1-2-6-19(7-3-1)9-5-11-28-12-14-29(15-13-28)21-18-25-27-22(26-21)24-17-20-8-4-10-23-16-20/h1-10,16,18H,11-15,17H2,(H,24,26,27)/b9-5+. The summed E-state index contributed by atoms with van der Waals surface area (Å²) in [5.41, 5.74) is 2.32. The first-order valence-corrected chi connectivity index (χ1v) is 9.88. The van der Waals surface area contributed by atoms with Crippen LogP contribution in [0.3, 0.4) is 0 Å². The van der Waals surface area contributed by atoms with Crippen molar-refractivity contribution in [1.29, 1.82) is 0 Å². The van der Waals surface area contributed by atoms with E-state index < -0.39 is 0 Å². The van der Waals surface area contributed by atoms with Gasteiger partial charge in [-0.1, -0.05) is 48.6 Å². The number of nitrogens with zero attached hydrogens (tertiary/aromatic N) is 6. The average molecular weight is 387 g/mol. The highest BCUT2D eigenvalue weighted by Gasteiger charge is 2.18. The van der Waals surface area contributed by atoms with E-state index in [1.54, 1.807) is 12.4 Å². The highest BCUT2D eigenvalue weighted by Crippen LogP contribution is 2.14. The second kappa shape index (κ2) is 9.75. The lowest BCUT2D eigenvalue weighted by molar-refractivity contribution is 0.283. The highest BCUT2D eigenvalue weighted by molar-refractivity contribution is 5.48. The Morgan fingerprint density at radius 2 is 1.83 bits per heavy atom. The van der Waals surface area contributed by atoms with Crippen LogP contribution in [0.5, 0.6) is 0 Å². The monoisotopic (exact) mass is 387 g/mol. The third-order valence-electron chi connectivity index (χ3n) is 4.89. The number of rotatable bonds is 7. The molecule has 0 unspecified atom stereocenters. The number of hydrogen-bond donors (Lipinski definition) is 1. The van der Waals surface area contributed by atoms with Crippen molar-refractivity contribution < 1.29 is 0 Å². The van der Waals surface area contributed by atoms with Crippen molar-refractivity contribution in [3.05, 3.63) is 78.3 Å². The molecule has 3 aromatic rings. The van der Waals surface area contributed by atoms with Gasteiger partial charge in [-0.3, -0.25) is 9.88 Å². The number of anilines is 2. The zero-order chi connectivity index (χ0) is 19.7. The molecule has 0 spiro atoms. The lowest BCUT2D eigenvalue weighted by Gasteiger charge is -2.34. The van der Waals surface area contributed by atoms with Crippen LogP contribution in [-0.4, -0.2) is 57.8 Å². The van der Waals surface area contributed by atoms with Crippen molar-refractivity contribution in [3.8, 4) is 0 Å². The Kier molecular flexibility index (Phi) is 6.39. The number of hydrogen-bond acceptors (Lipinski definition) is 7. The Morgan fingerprint density at radius 3 is 2.62 bits per heavy atom. The van der Waals surface area contributed by atoms with Crippen LogP contribution in [0.4, 0.5) is 11.8 Å². The molecule has 1 aliphatic heterocycles. The van der Waals surface area contributed by atoms with Gasteiger partial charge in [0.05, 0.1) is 6.20 Å². The molecule has 0 bridgehead atoms. The van der Waals surface area contributed by atoms with E-state index in [4.69, 9.17) is 0 Å². The maximum Gasteiger partial charge on any atom is 0.244 e. The fourth-order valence-electron chi connectivity index (χ4n) is 3.27. The lowest BCUT2D eigenvalue weighted by Crippen LogP contribution is -2.46. The molecule has 1 saturated heterocycles. The Bertz CT molecular complexity index is 907. The third-order valence-corrected chi connectivity index (χ3v) is 4.89. The first-order valence-electron chi connectivity index (χ1n) is 9.88. The van der Waals surface area contributed by atoms with E-state index in [-0.39, 0.29) is 0 Å². The minimum absolute atomic E-state index is 0.541. The summed E-state index contributed by atoms with van der Waals surface area (Å²) in [7, 11) is 0. The minimum Gasteiger partial charge on any atom is -0.353 e.